The molecule has 1 aliphatic heterocycles. The molecule has 0 saturated heterocycles. The fourth-order valence-corrected chi connectivity index (χ4v) is 4.77. The molecule has 0 fully saturated rings. The molecule has 3 aromatic rings. The predicted molar refractivity (Wildman–Crippen MR) is 130 cm³/mol. The van der Waals surface area contributed by atoms with Gasteiger partial charge in [0.15, 0.2) is 0 Å². The molecule has 0 radical (unpaired) electrons. The minimum atomic E-state index is -0.120. The van der Waals surface area contributed by atoms with Crippen LogP contribution in [0, 0.1) is 11.3 Å². The van der Waals surface area contributed by atoms with E-state index in [0.29, 0.717) is 10.7 Å². The molecular formula is C25H19ClN4S. The molecule has 6 heteroatoms. The zero-order valence-corrected chi connectivity index (χ0v) is 18.0. The second kappa shape index (κ2) is 8.46. The Bertz CT molecular complexity index is 1250. The van der Waals surface area contributed by atoms with Gasteiger partial charge >= 0.3 is 0 Å². The van der Waals surface area contributed by atoms with Crippen LogP contribution in [0.2, 0.25) is 0 Å². The Balaban J connectivity index is 1.50. The van der Waals surface area contributed by atoms with Crippen LogP contribution in [0.1, 0.15) is 11.4 Å². The third-order valence-electron chi connectivity index (χ3n) is 5.07. The maximum absolute atomic E-state index is 8.24. The van der Waals surface area contributed by atoms with E-state index in [1.54, 1.807) is 17.8 Å². The van der Waals surface area contributed by atoms with Crippen LogP contribution in [0.15, 0.2) is 101 Å². The summed E-state index contributed by atoms with van der Waals surface area (Å²) in [7, 11) is 0. The molecule has 5 rings (SSSR count). The molecule has 2 heterocycles. The highest BCUT2D eigenvalue weighted by atomic mass is 35.5. The molecule has 1 unspecified atom stereocenters. The van der Waals surface area contributed by atoms with Crippen LogP contribution in [0.3, 0.4) is 0 Å². The molecule has 4 nitrogen and oxygen atoms in total. The summed E-state index contributed by atoms with van der Waals surface area (Å²) >= 11 is 7.65. The maximum atomic E-state index is 8.24. The van der Waals surface area contributed by atoms with Gasteiger partial charge in [-0.2, -0.15) is 0 Å². The summed E-state index contributed by atoms with van der Waals surface area (Å²) in [6.45, 7) is 0. The van der Waals surface area contributed by atoms with Gasteiger partial charge in [-0.1, -0.05) is 90.1 Å². The molecule has 3 N–H and O–H groups in total. The number of rotatable bonds is 4. The Morgan fingerprint density at radius 1 is 1.00 bits per heavy atom. The average Bonchev–Trinajstić information content (AvgIpc) is 3.44. The summed E-state index contributed by atoms with van der Waals surface area (Å²) in [6, 6.07) is 20.4. The average molecular weight is 443 g/mol. The van der Waals surface area contributed by atoms with E-state index in [9.17, 15) is 0 Å². The zero-order chi connectivity index (χ0) is 21.2. The van der Waals surface area contributed by atoms with Crippen molar-refractivity contribution in [1.29, 1.82) is 5.41 Å². The van der Waals surface area contributed by atoms with Crippen LogP contribution in [0.25, 0.3) is 21.9 Å². The van der Waals surface area contributed by atoms with E-state index in [2.05, 4.69) is 45.6 Å². The van der Waals surface area contributed by atoms with Crippen molar-refractivity contribution in [2.75, 3.05) is 0 Å². The number of H-pyrrole nitrogens is 1. The molecule has 1 aromatic heterocycles. The van der Waals surface area contributed by atoms with Crippen molar-refractivity contribution in [3.63, 3.8) is 0 Å². The Labute approximate surface area is 190 Å². The number of aromatic nitrogens is 2. The molecule has 0 bridgehead atoms. The second-order valence-electron chi connectivity index (χ2n) is 7.21. The second-order valence-corrected chi connectivity index (χ2v) is 8.70. The van der Waals surface area contributed by atoms with Gasteiger partial charge in [0.1, 0.15) is 5.82 Å². The van der Waals surface area contributed by atoms with E-state index < -0.39 is 0 Å². The van der Waals surface area contributed by atoms with Crippen molar-refractivity contribution >= 4 is 39.7 Å². The molecule has 2 aliphatic rings. The van der Waals surface area contributed by atoms with Gasteiger partial charge in [-0.3, -0.25) is 0 Å². The number of nitrogens with zero attached hydrogens (tertiary/aromatic N) is 1. The van der Waals surface area contributed by atoms with Gasteiger partial charge in [-0.15, -0.1) is 0 Å². The van der Waals surface area contributed by atoms with Gasteiger partial charge in [0.2, 0.25) is 0 Å². The van der Waals surface area contributed by atoms with Gasteiger partial charge < -0.3 is 15.7 Å². The number of hydrogen-bond donors (Lipinski definition) is 3. The maximum Gasteiger partial charge on any atom is 0.146 e. The lowest BCUT2D eigenvalue weighted by Gasteiger charge is -2.13. The third-order valence-corrected chi connectivity index (χ3v) is 6.37. The lowest BCUT2D eigenvalue weighted by molar-refractivity contribution is 1.07. The summed E-state index contributed by atoms with van der Waals surface area (Å²) < 4.78 is 0. The van der Waals surface area contributed by atoms with Crippen LogP contribution in [-0.4, -0.2) is 15.7 Å². The summed E-state index contributed by atoms with van der Waals surface area (Å²) in [5.41, 5.74) is 4.64. The highest BCUT2D eigenvalue weighted by molar-refractivity contribution is 8.12. The summed E-state index contributed by atoms with van der Waals surface area (Å²) in [6.07, 6.45) is 9.40. The molecule has 0 amide bonds. The first-order chi connectivity index (χ1) is 15.2. The summed E-state index contributed by atoms with van der Waals surface area (Å²) in [5, 5.41) is 13.3. The third kappa shape index (κ3) is 4.15. The molecular weight excluding hydrogens is 424 g/mol. The van der Waals surface area contributed by atoms with Crippen molar-refractivity contribution < 1.29 is 0 Å². The number of nitrogens with one attached hydrogen (secondary N) is 3. The Hall–Kier alpha value is -3.28. The number of halogens is 1. The monoisotopic (exact) mass is 442 g/mol. The molecule has 0 saturated carbocycles. The minimum absolute atomic E-state index is 0.120. The summed E-state index contributed by atoms with van der Waals surface area (Å²) in [5.74, 6) is 0.696. The molecule has 2 aromatic carbocycles. The van der Waals surface area contributed by atoms with E-state index in [1.807, 2.05) is 54.7 Å². The molecule has 1 atom stereocenters. The highest BCUT2D eigenvalue weighted by Gasteiger charge is 2.25. The van der Waals surface area contributed by atoms with Gasteiger partial charge in [-0.25, -0.2) is 4.98 Å². The smallest absolute Gasteiger partial charge is 0.146 e. The number of benzene rings is 2. The number of thioether (sulfide) groups is 1. The first kappa shape index (κ1) is 19.7. The normalized spacial score (nSPS) is 19.6. The van der Waals surface area contributed by atoms with Crippen molar-refractivity contribution in [3.05, 3.63) is 113 Å². The van der Waals surface area contributed by atoms with E-state index >= 15 is 0 Å². The lowest BCUT2D eigenvalue weighted by atomic mass is 9.98. The number of aromatic amines is 1. The van der Waals surface area contributed by atoms with Gasteiger partial charge in [0, 0.05) is 16.7 Å². The van der Waals surface area contributed by atoms with Crippen LogP contribution in [-0.2, 0) is 0 Å². The first-order valence-electron chi connectivity index (χ1n) is 9.88. The zero-order valence-electron chi connectivity index (χ0n) is 16.5. The minimum Gasteiger partial charge on any atom is -0.349 e. The summed E-state index contributed by atoms with van der Waals surface area (Å²) in [4.78, 5) is 9.17. The quantitative estimate of drug-likeness (QED) is 0.437. The predicted octanol–water partition coefficient (Wildman–Crippen LogP) is 6.41. The molecule has 0 spiro atoms. The van der Waals surface area contributed by atoms with Gasteiger partial charge in [-0.05, 0) is 29.4 Å². The highest BCUT2D eigenvalue weighted by Crippen LogP contribution is 2.44. The number of hydrogen-bond acceptors (Lipinski definition) is 4. The molecule has 1 aliphatic carbocycles. The Kier molecular flexibility index (Phi) is 5.37. The largest absolute Gasteiger partial charge is 0.349 e. The van der Waals surface area contributed by atoms with E-state index in [4.69, 9.17) is 17.0 Å². The fourth-order valence-electron chi connectivity index (χ4n) is 3.52. The van der Waals surface area contributed by atoms with Crippen molar-refractivity contribution in [3.8, 4) is 11.3 Å². The van der Waals surface area contributed by atoms with Crippen molar-refractivity contribution in [1.82, 2.24) is 15.3 Å². The first-order valence-corrected chi connectivity index (χ1v) is 11.1. The van der Waals surface area contributed by atoms with Crippen LogP contribution < -0.4 is 5.32 Å². The fraction of sp³-hybridized carbons (Fsp3) is 0.0400. The van der Waals surface area contributed by atoms with E-state index in [1.165, 1.54) is 0 Å². The topological polar surface area (TPSA) is 64.6 Å². The molecule has 152 valence electrons. The molecule has 31 heavy (non-hydrogen) atoms. The van der Waals surface area contributed by atoms with Crippen LogP contribution in [0.5, 0.6) is 0 Å². The van der Waals surface area contributed by atoms with E-state index in [0.717, 1.165) is 38.3 Å². The van der Waals surface area contributed by atoms with Crippen molar-refractivity contribution in [2.24, 2.45) is 5.92 Å². The van der Waals surface area contributed by atoms with Gasteiger partial charge in [0.05, 0.1) is 27.5 Å². The van der Waals surface area contributed by atoms with Gasteiger partial charge in [0.25, 0.3) is 0 Å². The van der Waals surface area contributed by atoms with Crippen molar-refractivity contribution in [2.45, 2.75) is 0 Å². The Morgan fingerprint density at radius 3 is 2.42 bits per heavy atom. The van der Waals surface area contributed by atoms with Crippen LogP contribution >= 0.6 is 23.4 Å². The number of imidazole rings is 1. The standard InChI is InChI=1S/C25H19ClN4S/c26-19-12-11-18(20(27)14-19)13-22-30-23(17-9-5-2-6-10-17)24(31-22)25-28-15-21(29-25)16-7-3-1-4-8-16/h1-15,18,27,30H,(H,28,29). The van der Waals surface area contributed by atoms with E-state index in [-0.39, 0.29) is 5.92 Å². The number of allylic oxidation sites excluding steroid dienone is 5. The SMILES string of the molecule is N=C1C=C(Cl)C=CC1C=C1NC(c2ccccc2)=C(c2ncc(-c3ccccc3)[nH]2)S1. The Morgan fingerprint density at radius 2 is 1.71 bits per heavy atom. The van der Waals surface area contributed by atoms with Crippen LogP contribution in [0.4, 0.5) is 0 Å². The lowest BCUT2D eigenvalue weighted by Crippen LogP contribution is -2.12.